The van der Waals surface area contributed by atoms with Crippen LogP contribution < -0.4 is 10.4 Å². The SMILES string of the molecule is O=C1NN(c2ccccc2)C(=O)/C1=C\c1cn(Cc2ccccc2)c2ccccc12. The van der Waals surface area contributed by atoms with E-state index in [9.17, 15) is 9.59 Å². The number of nitrogens with one attached hydrogen (secondary N) is 1. The molecule has 0 aliphatic carbocycles. The van der Waals surface area contributed by atoms with Crippen LogP contribution >= 0.6 is 0 Å². The first kappa shape index (κ1) is 17.9. The van der Waals surface area contributed by atoms with Gasteiger partial charge < -0.3 is 4.57 Å². The summed E-state index contributed by atoms with van der Waals surface area (Å²) in [6.45, 7) is 0.709. The number of carbonyl (C=O) groups is 2. The van der Waals surface area contributed by atoms with Gasteiger partial charge >= 0.3 is 0 Å². The van der Waals surface area contributed by atoms with Crippen molar-refractivity contribution in [2.45, 2.75) is 6.54 Å². The van der Waals surface area contributed by atoms with E-state index in [1.807, 2.05) is 66.9 Å². The number of anilines is 1. The minimum atomic E-state index is -0.399. The minimum Gasteiger partial charge on any atom is -0.342 e. The fraction of sp³-hybridized carbons (Fsp3) is 0.0400. The number of fused-ring (bicyclic) bond motifs is 1. The lowest BCUT2D eigenvalue weighted by molar-refractivity contribution is -0.117. The summed E-state index contributed by atoms with van der Waals surface area (Å²) in [5.41, 5.74) is 6.49. The van der Waals surface area contributed by atoms with Gasteiger partial charge in [-0.05, 0) is 29.8 Å². The molecular formula is C25H19N3O2. The Morgan fingerprint density at radius 3 is 2.23 bits per heavy atom. The first-order chi connectivity index (χ1) is 14.7. The molecule has 0 radical (unpaired) electrons. The highest BCUT2D eigenvalue weighted by atomic mass is 16.2. The molecule has 1 aliphatic rings. The number of hydrogen-bond acceptors (Lipinski definition) is 2. The van der Waals surface area contributed by atoms with E-state index in [1.54, 1.807) is 18.2 Å². The summed E-state index contributed by atoms with van der Waals surface area (Å²) in [5.74, 6) is -0.755. The number of aromatic nitrogens is 1. The Hall–Kier alpha value is -4.12. The van der Waals surface area contributed by atoms with Gasteiger partial charge in [0.1, 0.15) is 5.57 Å². The molecule has 1 fully saturated rings. The molecule has 0 saturated carbocycles. The van der Waals surface area contributed by atoms with Crippen molar-refractivity contribution >= 4 is 34.5 Å². The zero-order chi connectivity index (χ0) is 20.5. The van der Waals surface area contributed by atoms with Crippen LogP contribution in [-0.4, -0.2) is 16.4 Å². The van der Waals surface area contributed by atoms with Crippen molar-refractivity contribution < 1.29 is 9.59 Å². The van der Waals surface area contributed by atoms with Crippen molar-refractivity contribution in [3.8, 4) is 0 Å². The van der Waals surface area contributed by atoms with Gasteiger partial charge in [0.2, 0.25) is 0 Å². The third-order valence-electron chi connectivity index (χ3n) is 5.22. The first-order valence-electron chi connectivity index (χ1n) is 9.75. The Labute approximate surface area is 173 Å². The van der Waals surface area contributed by atoms with E-state index in [2.05, 4.69) is 22.1 Å². The van der Waals surface area contributed by atoms with Crippen molar-refractivity contribution in [2.75, 3.05) is 5.01 Å². The molecule has 2 heterocycles. The van der Waals surface area contributed by atoms with Gasteiger partial charge in [-0.2, -0.15) is 0 Å². The van der Waals surface area contributed by atoms with Crippen molar-refractivity contribution in [3.05, 3.63) is 108 Å². The normalized spacial score (nSPS) is 15.2. The lowest BCUT2D eigenvalue weighted by Gasteiger charge is -2.13. The predicted octanol–water partition coefficient (Wildman–Crippen LogP) is 4.15. The molecule has 0 spiro atoms. The van der Waals surface area contributed by atoms with E-state index in [-0.39, 0.29) is 11.5 Å². The lowest BCUT2D eigenvalue weighted by Crippen LogP contribution is -2.35. The smallest absolute Gasteiger partial charge is 0.282 e. The molecule has 2 amide bonds. The molecule has 146 valence electrons. The Morgan fingerprint density at radius 2 is 1.47 bits per heavy atom. The summed E-state index contributed by atoms with van der Waals surface area (Å²) in [5, 5.41) is 2.29. The predicted molar refractivity (Wildman–Crippen MR) is 118 cm³/mol. The molecule has 3 aromatic carbocycles. The van der Waals surface area contributed by atoms with Crippen LogP contribution in [0.4, 0.5) is 5.69 Å². The maximum atomic E-state index is 12.9. The number of nitrogens with zero attached hydrogens (tertiary/aromatic N) is 2. The summed E-state index contributed by atoms with van der Waals surface area (Å²) >= 11 is 0. The van der Waals surface area contributed by atoms with Crippen molar-refractivity contribution in [3.63, 3.8) is 0 Å². The molecule has 5 rings (SSSR count). The maximum absolute atomic E-state index is 12.9. The van der Waals surface area contributed by atoms with Crippen molar-refractivity contribution in [2.24, 2.45) is 0 Å². The quantitative estimate of drug-likeness (QED) is 0.418. The number of para-hydroxylation sites is 2. The van der Waals surface area contributed by atoms with Crippen LogP contribution in [0, 0.1) is 0 Å². The average molecular weight is 393 g/mol. The van der Waals surface area contributed by atoms with Crippen LogP contribution in [0.5, 0.6) is 0 Å². The molecule has 1 aromatic heterocycles. The molecule has 0 bridgehead atoms. The zero-order valence-corrected chi connectivity index (χ0v) is 16.2. The first-order valence-corrected chi connectivity index (χ1v) is 9.75. The fourth-order valence-electron chi connectivity index (χ4n) is 3.77. The molecule has 0 unspecified atom stereocenters. The van der Waals surface area contributed by atoms with E-state index in [4.69, 9.17) is 0 Å². The standard InChI is InChI=1S/C25H19N3O2/c29-24-22(25(30)28(26-24)20-11-5-2-6-12-20)15-19-17-27(16-18-9-3-1-4-10-18)23-14-8-7-13-21(19)23/h1-15,17H,16H2,(H,26,29)/b22-15-. The monoisotopic (exact) mass is 393 g/mol. The third-order valence-corrected chi connectivity index (χ3v) is 5.22. The molecule has 1 N–H and O–H groups in total. The number of hydrogen-bond donors (Lipinski definition) is 1. The highest BCUT2D eigenvalue weighted by molar-refractivity contribution is 6.32. The summed E-state index contributed by atoms with van der Waals surface area (Å²) in [6, 6.07) is 27.3. The highest BCUT2D eigenvalue weighted by Gasteiger charge is 2.34. The molecule has 1 aliphatic heterocycles. The Bertz CT molecular complexity index is 1270. The van der Waals surface area contributed by atoms with Gasteiger partial charge in [0.05, 0.1) is 5.69 Å². The number of amides is 2. The van der Waals surface area contributed by atoms with Crippen LogP contribution in [-0.2, 0) is 16.1 Å². The molecule has 5 heteroatoms. The number of carbonyl (C=O) groups excluding carboxylic acids is 2. The maximum Gasteiger partial charge on any atom is 0.282 e. The van der Waals surface area contributed by atoms with Crippen LogP contribution in [0.25, 0.3) is 17.0 Å². The second kappa shape index (κ2) is 7.37. The van der Waals surface area contributed by atoms with Crippen molar-refractivity contribution in [1.29, 1.82) is 0 Å². The zero-order valence-electron chi connectivity index (χ0n) is 16.2. The van der Waals surface area contributed by atoms with Gasteiger partial charge in [0.15, 0.2) is 0 Å². The van der Waals surface area contributed by atoms with E-state index in [0.29, 0.717) is 12.2 Å². The lowest BCUT2D eigenvalue weighted by atomic mass is 10.1. The van der Waals surface area contributed by atoms with Crippen LogP contribution in [0.15, 0.2) is 96.7 Å². The summed E-state index contributed by atoms with van der Waals surface area (Å²) in [7, 11) is 0. The molecule has 30 heavy (non-hydrogen) atoms. The minimum absolute atomic E-state index is 0.126. The highest BCUT2D eigenvalue weighted by Crippen LogP contribution is 2.27. The van der Waals surface area contributed by atoms with Crippen LogP contribution in [0.1, 0.15) is 11.1 Å². The Balaban J connectivity index is 1.54. The summed E-state index contributed by atoms with van der Waals surface area (Å²) in [6.07, 6.45) is 3.68. The summed E-state index contributed by atoms with van der Waals surface area (Å²) < 4.78 is 2.14. The van der Waals surface area contributed by atoms with Gasteiger partial charge in [0.25, 0.3) is 11.8 Å². The van der Waals surface area contributed by atoms with Gasteiger partial charge in [0, 0.05) is 29.2 Å². The van der Waals surface area contributed by atoms with Gasteiger partial charge in [-0.15, -0.1) is 0 Å². The van der Waals surface area contributed by atoms with Gasteiger partial charge in [-0.1, -0.05) is 66.7 Å². The molecule has 0 atom stereocenters. The largest absolute Gasteiger partial charge is 0.342 e. The number of hydrazine groups is 1. The van der Waals surface area contributed by atoms with Crippen molar-refractivity contribution in [1.82, 2.24) is 9.99 Å². The van der Waals surface area contributed by atoms with E-state index >= 15 is 0 Å². The van der Waals surface area contributed by atoms with Gasteiger partial charge in [-0.3, -0.25) is 15.0 Å². The number of benzene rings is 3. The van der Waals surface area contributed by atoms with E-state index < -0.39 is 5.91 Å². The van der Waals surface area contributed by atoms with Gasteiger partial charge in [-0.25, -0.2) is 5.01 Å². The average Bonchev–Trinajstić information content (AvgIpc) is 3.27. The molecule has 4 aromatic rings. The molecular weight excluding hydrogens is 374 g/mol. The third kappa shape index (κ3) is 3.16. The molecule has 5 nitrogen and oxygen atoms in total. The summed E-state index contributed by atoms with van der Waals surface area (Å²) in [4.78, 5) is 25.5. The molecule has 1 saturated heterocycles. The van der Waals surface area contributed by atoms with E-state index in [1.165, 1.54) is 10.6 Å². The second-order valence-electron chi connectivity index (χ2n) is 7.19. The Morgan fingerprint density at radius 1 is 0.800 bits per heavy atom. The van der Waals surface area contributed by atoms with E-state index in [0.717, 1.165) is 16.5 Å². The van der Waals surface area contributed by atoms with Crippen LogP contribution in [0.2, 0.25) is 0 Å². The second-order valence-corrected chi connectivity index (χ2v) is 7.19. The fourth-order valence-corrected chi connectivity index (χ4v) is 3.77. The van der Waals surface area contributed by atoms with Crippen LogP contribution in [0.3, 0.4) is 0 Å². The topological polar surface area (TPSA) is 54.3 Å². The Kier molecular flexibility index (Phi) is 4.41. The number of rotatable bonds is 4.